The van der Waals surface area contributed by atoms with Crippen molar-refractivity contribution in [1.29, 1.82) is 0 Å². The first-order chi connectivity index (χ1) is 12.3. The lowest BCUT2D eigenvalue weighted by atomic mass is 10.2. The number of carbonyl (C=O) groups is 1. The second kappa shape index (κ2) is 7.12. The minimum absolute atomic E-state index is 0.151. The first kappa shape index (κ1) is 17.9. The molecule has 26 heavy (non-hydrogen) atoms. The van der Waals surface area contributed by atoms with Crippen LogP contribution in [0.5, 0.6) is 5.75 Å². The van der Waals surface area contributed by atoms with Crippen LogP contribution in [0.1, 0.15) is 10.4 Å². The van der Waals surface area contributed by atoms with Gasteiger partial charge in [0.25, 0.3) is 5.91 Å². The molecule has 0 radical (unpaired) electrons. The van der Waals surface area contributed by atoms with E-state index in [1.165, 1.54) is 35.6 Å². The van der Waals surface area contributed by atoms with E-state index in [2.05, 4.69) is 15.0 Å². The molecule has 0 atom stereocenters. The van der Waals surface area contributed by atoms with Gasteiger partial charge in [-0.25, -0.2) is 9.37 Å². The smallest absolute Gasteiger partial charge is 0.406 e. The van der Waals surface area contributed by atoms with Crippen molar-refractivity contribution >= 4 is 22.4 Å². The number of benzene rings is 2. The van der Waals surface area contributed by atoms with Gasteiger partial charge in [0.1, 0.15) is 11.6 Å². The fourth-order valence-corrected chi connectivity index (χ4v) is 2.78. The van der Waals surface area contributed by atoms with E-state index in [0.29, 0.717) is 16.4 Å². The van der Waals surface area contributed by atoms with E-state index in [0.717, 1.165) is 12.1 Å². The third-order valence-corrected chi connectivity index (χ3v) is 3.97. The standard InChI is InChI=1S/C17H10F4N2O2S/c18-12-5-1-10(2-6-12)14-9-26-16(22-14)23-15(24)11-3-7-13(8-4-11)25-17(19,20)21/h1-9H,(H,22,23,24). The third-order valence-electron chi connectivity index (χ3n) is 3.21. The quantitative estimate of drug-likeness (QED) is 0.639. The fraction of sp³-hybridized carbons (Fsp3) is 0.0588. The zero-order valence-electron chi connectivity index (χ0n) is 12.9. The summed E-state index contributed by atoms with van der Waals surface area (Å²) >= 11 is 1.17. The van der Waals surface area contributed by atoms with Crippen LogP contribution in [0.25, 0.3) is 11.3 Å². The number of alkyl halides is 3. The molecule has 1 heterocycles. The van der Waals surface area contributed by atoms with Crippen molar-refractivity contribution in [2.24, 2.45) is 0 Å². The number of nitrogens with zero attached hydrogens (tertiary/aromatic N) is 1. The Balaban J connectivity index is 1.67. The van der Waals surface area contributed by atoms with Gasteiger partial charge in [-0.1, -0.05) is 0 Å². The molecule has 9 heteroatoms. The molecule has 0 aliphatic carbocycles. The van der Waals surface area contributed by atoms with Crippen molar-refractivity contribution in [3.8, 4) is 17.0 Å². The predicted octanol–water partition coefficient (Wildman–Crippen LogP) is 5.10. The van der Waals surface area contributed by atoms with E-state index >= 15 is 0 Å². The van der Waals surface area contributed by atoms with Crippen molar-refractivity contribution in [3.05, 3.63) is 65.3 Å². The Hall–Kier alpha value is -2.94. The Morgan fingerprint density at radius 3 is 2.31 bits per heavy atom. The minimum atomic E-state index is -4.79. The summed E-state index contributed by atoms with van der Waals surface area (Å²) in [6.07, 6.45) is -4.79. The van der Waals surface area contributed by atoms with Crippen LogP contribution in [0.4, 0.5) is 22.7 Å². The number of rotatable bonds is 4. The van der Waals surface area contributed by atoms with Crippen LogP contribution in [0.15, 0.2) is 53.9 Å². The van der Waals surface area contributed by atoms with Gasteiger partial charge in [0.15, 0.2) is 5.13 Å². The number of hydrogen-bond acceptors (Lipinski definition) is 4. The zero-order valence-corrected chi connectivity index (χ0v) is 13.7. The number of nitrogens with one attached hydrogen (secondary N) is 1. The van der Waals surface area contributed by atoms with Gasteiger partial charge in [-0.3, -0.25) is 10.1 Å². The Bertz CT molecular complexity index is 906. The van der Waals surface area contributed by atoms with Crippen molar-refractivity contribution in [2.75, 3.05) is 5.32 Å². The number of aromatic nitrogens is 1. The molecule has 3 rings (SSSR count). The largest absolute Gasteiger partial charge is 0.573 e. The molecule has 4 nitrogen and oxygen atoms in total. The molecule has 3 aromatic rings. The number of halogens is 4. The van der Waals surface area contributed by atoms with Crippen LogP contribution in [-0.2, 0) is 0 Å². The van der Waals surface area contributed by atoms with Crippen LogP contribution in [-0.4, -0.2) is 17.3 Å². The molecule has 0 saturated heterocycles. The Labute approximate surface area is 149 Å². The lowest BCUT2D eigenvalue weighted by Gasteiger charge is -2.09. The summed E-state index contributed by atoms with van der Waals surface area (Å²) in [6, 6.07) is 10.3. The van der Waals surface area contributed by atoms with Gasteiger partial charge in [-0.15, -0.1) is 24.5 Å². The van der Waals surface area contributed by atoms with E-state index in [9.17, 15) is 22.4 Å². The number of amides is 1. The van der Waals surface area contributed by atoms with Crippen molar-refractivity contribution in [2.45, 2.75) is 6.36 Å². The highest BCUT2D eigenvalue weighted by molar-refractivity contribution is 7.14. The summed E-state index contributed by atoms with van der Waals surface area (Å²) in [6.45, 7) is 0. The Morgan fingerprint density at radius 2 is 1.69 bits per heavy atom. The number of anilines is 1. The highest BCUT2D eigenvalue weighted by atomic mass is 32.1. The van der Waals surface area contributed by atoms with Gasteiger partial charge < -0.3 is 4.74 Å². The monoisotopic (exact) mass is 382 g/mol. The zero-order chi connectivity index (χ0) is 18.7. The Kier molecular flexibility index (Phi) is 4.90. The van der Waals surface area contributed by atoms with Crippen LogP contribution in [0.3, 0.4) is 0 Å². The molecule has 0 fully saturated rings. The minimum Gasteiger partial charge on any atom is -0.406 e. The number of thiazole rings is 1. The topological polar surface area (TPSA) is 51.2 Å². The van der Waals surface area contributed by atoms with Crippen LogP contribution in [0, 0.1) is 5.82 Å². The van der Waals surface area contributed by atoms with E-state index in [-0.39, 0.29) is 11.4 Å². The predicted molar refractivity (Wildman–Crippen MR) is 88.6 cm³/mol. The van der Waals surface area contributed by atoms with Gasteiger partial charge in [0.2, 0.25) is 0 Å². The third kappa shape index (κ3) is 4.57. The maximum atomic E-state index is 12.9. The van der Waals surface area contributed by atoms with Crippen molar-refractivity contribution in [1.82, 2.24) is 4.98 Å². The number of carbonyl (C=O) groups excluding carboxylic acids is 1. The molecule has 1 amide bonds. The SMILES string of the molecule is O=C(Nc1nc(-c2ccc(F)cc2)cs1)c1ccc(OC(F)(F)F)cc1. The van der Waals surface area contributed by atoms with Gasteiger partial charge in [0.05, 0.1) is 5.69 Å². The average Bonchev–Trinajstić information content (AvgIpc) is 3.03. The van der Waals surface area contributed by atoms with Crippen LogP contribution < -0.4 is 10.1 Å². The summed E-state index contributed by atoms with van der Waals surface area (Å²) in [5.74, 6) is -1.30. The lowest BCUT2D eigenvalue weighted by Crippen LogP contribution is -2.17. The molecule has 0 saturated carbocycles. The molecule has 2 aromatic carbocycles. The molecule has 0 bridgehead atoms. The maximum Gasteiger partial charge on any atom is 0.573 e. The average molecular weight is 382 g/mol. The lowest BCUT2D eigenvalue weighted by molar-refractivity contribution is -0.274. The van der Waals surface area contributed by atoms with E-state index in [1.807, 2.05) is 0 Å². The number of hydrogen-bond donors (Lipinski definition) is 1. The fourth-order valence-electron chi connectivity index (χ4n) is 2.06. The van der Waals surface area contributed by atoms with Gasteiger partial charge in [-0.05, 0) is 48.5 Å². The molecule has 1 N–H and O–H groups in total. The molecular formula is C17H10F4N2O2S. The summed E-state index contributed by atoms with van der Waals surface area (Å²) < 4.78 is 53.1. The highest BCUT2D eigenvalue weighted by Crippen LogP contribution is 2.26. The van der Waals surface area contributed by atoms with E-state index in [1.54, 1.807) is 17.5 Å². The highest BCUT2D eigenvalue weighted by Gasteiger charge is 2.31. The first-order valence-corrected chi connectivity index (χ1v) is 8.07. The first-order valence-electron chi connectivity index (χ1n) is 7.19. The molecular weight excluding hydrogens is 372 g/mol. The van der Waals surface area contributed by atoms with Gasteiger partial charge in [0, 0.05) is 16.5 Å². The Morgan fingerprint density at radius 1 is 1.04 bits per heavy atom. The molecule has 0 aliphatic rings. The summed E-state index contributed by atoms with van der Waals surface area (Å²) in [5.41, 5.74) is 1.41. The molecule has 1 aromatic heterocycles. The molecule has 0 unspecified atom stereocenters. The second-order valence-electron chi connectivity index (χ2n) is 5.07. The summed E-state index contributed by atoms with van der Waals surface area (Å²) in [7, 11) is 0. The van der Waals surface area contributed by atoms with E-state index in [4.69, 9.17) is 0 Å². The molecule has 134 valence electrons. The maximum absolute atomic E-state index is 12.9. The van der Waals surface area contributed by atoms with E-state index < -0.39 is 18.0 Å². The van der Waals surface area contributed by atoms with Gasteiger partial charge >= 0.3 is 6.36 Å². The molecule has 0 aliphatic heterocycles. The normalized spacial score (nSPS) is 11.2. The van der Waals surface area contributed by atoms with Gasteiger partial charge in [-0.2, -0.15) is 0 Å². The second-order valence-corrected chi connectivity index (χ2v) is 5.93. The van der Waals surface area contributed by atoms with Crippen molar-refractivity contribution in [3.63, 3.8) is 0 Å². The summed E-state index contributed by atoms with van der Waals surface area (Å²) in [4.78, 5) is 16.4. The van der Waals surface area contributed by atoms with Crippen LogP contribution >= 0.6 is 11.3 Å². The molecule has 0 spiro atoms. The summed E-state index contributed by atoms with van der Waals surface area (Å²) in [5, 5.41) is 4.57. The number of ether oxygens (including phenoxy) is 1. The van der Waals surface area contributed by atoms with Crippen LogP contribution in [0.2, 0.25) is 0 Å². The van der Waals surface area contributed by atoms with Crippen molar-refractivity contribution < 1.29 is 27.1 Å².